The largest absolute Gasteiger partial charge is 0.330 e. The number of fused-ring (bicyclic) bond motifs is 2. The van der Waals surface area contributed by atoms with Crippen LogP contribution in [0.25, 0.3) is 0 Å². The highest BCUT2D eigenvalue weighted by Gasteiger charge is 2.40. The lowest BCUT2D eigenvalue weighted by Gasteiger charge is -2.42. The van der Waals surface area contributed by atoms with Gasteiger partial charge in [-0.1, -0.05) is 0 Å². The van der Waals surface area contributed by atoms with Crippen LogP contribution < -0.4 is 10.6 Å². The Kier molecular flexibility index (Phi) is 2.71. The van der Waals surface area contributed by atoms with Crippen molar-refractivity contribution in [1.29, 1.82) is 0 Å². The fourth-order valence-corrected chi connectivity index (χ4v) is 3.26. The van der Waals surface area contributed by atoms with Gasteiger partial charge in [-0.15, -0.1) is 0 Å². The van der Waals surface area contributed by atoms with Crippen LogP contribution in [0.2, 0.25) is 0 Å². The molecule has 2 aliphatic heterocycles. The molecule has 0 aliphatic carbocycles. The normalized spacial score (nSPS) is 28.6. The summed E-state index contributed by atoms with van der Waals surface area (Å²) < 4.78 is 2.36. The van der Waals surface area contributed by atoms with Crippen LogP contribution in [0.1, 0.15) is 44.1 Å². The summed E-state index contributed by atoms with van der Waals surface area (Å²) in [5.41, 5.74) is 2.87. The van der Waals surface area contributed by atoms with E-state index in [0.29, 0.717) is 6.04 Å². The molecule has 0 bridgehead atoms. The van der Waals surface area contributed by atoms with Gasteiger partial charge in [-0.2, -0.15) is 0 Å². The fourth-order valence-electron chi connectivity index (χ4n) is 3.26. The van der Waals surface area contributed by atoms with Gasteiger partial charge in [-0.05, 0) is 33.2 Å². The average Bonchev–Trinajstić information content (AvgIpc) is 2.76. The topological polar surface area (TPSA) is 41.9 Å². The molecule has 1 fully saturated rings. The van der Waals surface area contributed by atoms with Crippen molar-refractivity contribution in [2.24, 2.45) is 0 Å². The Morgan fingerprint density at radius 1 is 1.41 bits per heavy atom. The average molecular weight is 234 g/mol. The third-order valence-corrected chi connectivity index (χ3v) is 4.09. The monoisotopic (exact) mass is 234 g/mol. The summed E-state index contributed by atoms with van der Waals surface area (Å²) in [5.74, 6) is 0. The van der Waals surface area contributed by atoms with Gasteiger partial charge in [0.2, 0.25) is 0 Å². The number of nitrogens with zero attached hydrogens (tertiary/aromatic N) is 2. The maximum atomic E-state index is 4.62. The predicted octanol–water partition coefficient (Wildman–Crippen LogP) is 1.19. The fraction of sp³-hybridized carbons (Fsp3) is 0.769. The first-order valence-electron chi connectivity index (χ1n) is 6.75. The minimum absolute atomic E-state index is 0.132. The molecule has 0 radical (unpaired) electrons. The zero-order chi connectivity index (χ0) is 11.9. The van der Waals surface area contributed by atoms with E-state index in [1.54, 1.807) is 0 Å². The maximum Gasteiger partial charge on any atom is 0.0954 e. The molecular formula is C13H22N4. The van der Waals surface area contributed by atoms with Crippen LogP contribution in [0, 0.1) is 0 Å². The Morgan fingerprint density at radius 3 is 3.00 bits per heavy atom. The molecule has 1 aromatic heterocycles. The third kappa shape index (κ3) is 1.70. The summed E-state index contributed by atoms with van der Waals surface area (Å²) in [6.45, 7) is 7.72. The van der Waals surface area contributed by atoms with Crippen molar-refractivity contribution < 1.29 is 0 Å². The van der Waals surface area contributed by atoms with Crippen molar-refractivity contribution in [3.8, 4) is 0 Å². The Morgan fingerprint density at radius 2 is 2.29 bits per heavy atom. The molecule has 1 spiro atoms. The lowest BCUT2D eigenvalue weighted by Crippen LogP contribution is -2.57. The van der Waals surface area contributed by atoms with Crippen LogP contribution >= 0.6 is 0 Å². The van der Waals surface area contributed by atoms with E-state index < -0.39 is 0 Å². The summed E-state index contributed by atoms with van der Waals surface area (Å²) in [6.07, 6.45) is 5.57. The molecule has 94 valence electrons. The summed E-state index contributed by atoms with van der Waals surface area (Å²) in [4.78, 5) is 4.62. The van der Waals surface area contributed by atoms with Crippen LogP contribution in [0.3, 0.4) is 0 Å². The minimum atomic E-state index is 0.132. The molecule has 3 heterocycles. The van der Waals surface area contributed by atoms with Crippen LogP contribution in [0.4, 0.5) is 0 Å². The van der Waals surface area contributed by atoms with Gasteiger partial charge in [0.25, 0.3) is 0 Å². The van der Waals surface area contributed by atoms with Crippen molar-refractivity contribution in [2.75, 3.05) is 19.6 Å². The maximum absolute atomic E-state index is 4.62. The number of aromatic nitrogens is 2. The highest BCUT2D eigenvalue weighted by atomic mass is 15.2. The molecular weight excluding hydrogens is 212 g/mol. The molecule has 17 heavy (non-hydrogen) atoms. The molecule has 4 heteroatoms. The quantitative estimate of drug-likeness (QED) is 0.767. The molecule has 2 aliphatic rings. The number of hydrogen-bond acceptors (Lipinski definition) is 3. The third-order valence-electron chi connectivity index (χ3n) is 4.09. The number of nitrogens with one attached hydrogen (secondary N) is 2. The van der Waals surface area contributed by atoms with Gasteiger partial charge in [-0.3, -0.25) is 0 Å². The lowest BCUT2D eigenvalue weighted by molar-refractivity contribution is 0.223. The summed E-state index contributed by atoms with van der Waals surface area (Å²) in [7, 11) is 0. The Labute approximate surface area is 103 Å². The van der Waals surface area contributed by atoms with Crippen molar-refractivity contribution in [1.82, 2.24) is 20.2 Å². The Balaban J connectivity index is 2.07. The van der Waals surface area contributed by atoms with Crippen LogP contribution in [-0.4, -0.2) is 29.2 Å². The molecule has 1 saturated heterocycles. The first-order valence-corrected chi connectivity index (χ1v) is 6.75. The van der Waals surface area contributed by atoms with Gasteiger partial charge in [0, 0.05) is 25.6 Å². The molecule has 0 saturated carbocycles. The minimum Gasteiger partial charge on any atom is -0.330 e. The number of rotatable bonds is 1. The molecule has 0 amide bonds. The standard InChI is InChI=1S/C13H22N4/c1-10(2)17-9-15-11-4-7-16-13(12(11)17)5-3-6-14-8-13/h9-10,14,16H,3-8H2,1-2H3. The predicted molar refractivity (Wildman–Crippen MR) is 68.1 cm³/mol. The second-order valence-corrected chi connectivity index (χ2v) is 5.58. The van der Waals surface area contributed by atoms with Gasteiger partial charge in [0.05, 0.1) is 23.3 Å². The van der Waals surface area contributed by atoms with E-state index in [1.807, 2.05) is 6.33 Å². The van der Waals surface area contributed by atoms with E-state index in [9.17, 15) is 0 Å². The van der Waals surface area contributed by atoms with Crippen molar-refractivity contribution in [3.05, 3.63) is 17.7 Å². The van der Waals surface area contributed by atoms with Crippen molar-refractivity contribution >= 4 is 0 Å². The Bertz CT molecular complexity index is 402. The number of hydrogen-bond donors (Lipinski definition) is 2. The lowest BCUT2D eigenvalue weighted by atomic mass is 9.82. The van der Waals surface area contributed by atoms with E-state index in [-0.39, 0.29) is 5.54 Å². The van der Waals surface area contributed by atoms with Crippen molar-refractivity contribution in [3.63, 3.8) is 0 Å². The molecule has 3 rings (SSSR count). The molecule has 1 atom stereocenters. The number of imidazole rings is 1. The molecule has 2 N–H and O–H groups in total. The SMILES string of the molecule is CC(C)n1cnc2c1C1(CCCNC1)NCC2. The summed E-state index contributed by atoms with van der Waals surface area (Å²) >= 11 is 0. The van der Waals surface area contributed by atoms with Crippen LogP contribution in [0.5, 0.6) is 0 Å². The van der Waals surface area contributed by atoms with E-state index in [4.69, 9.17) is 0 Å². The second kappa shape index (κ2) is 4.10. The zero-order valence-corrected chi connectivity index (χ0v) is 10.8. The van der Waals surface area contributed by atoms with E-state index >= 15 is 0 Å². The first kappa shape index (κ1) is 11.2. The van der Waals surface area contributed by atoms with E-state index in [0.717, 1.165) is 26.1 Å². The summed E-state index contributed by atoms with van der Waals surface area (Å²) in [6, 6.07) is 0.491. The molecule has 0 aromatic carbocycles. The van der Waals surface area contributed by atoms with Gasteiger partial charge in [-0.25, -0.2) is 4.98 Å². The van der Waals surface area contributed by atoms with E-state index in [2.05, 4.69) is 34.0 Å². The van der Waals surface area contributed by atoms with E-state index in [1.165, 1.54) is 24.2 Å². The smallest absolute Gasteiger partial charge is 0.0954 e. The molecule has 1 aromatic rings. The highest BCUT2D eigenvalue weighted by Crippen LogP contribution is 2.34. The van der Waals surface area contributed by atoms with Crippen molar-refractivity contribution in [2.45, 2.75) is 44.7 Å². The molecule has 4 nitrogen and oxygen atoms in total. The number of piperidine rings is 1. The first-order chi connectivity index (χ1) is 8.23. The van der Waals surface area contributed by atoms with Gasteiger partial charge < -0.3 is 15.2 Å². The zero-order valence-electron chi connectivity index (χ0n) is 10.8. The molecule has 1 unspecified atom stereocenters. The second-order valence-electron chi connectivity index (χ2n) is 5.58. The van der Waals surface area contributed by atoms with Crippen LogP contribution in [-0.2, 0) is 12.0 Å². The van der Waals surface area contributed by atoms with Gasteiger partial charge in [0.1, 0.15) is 0 Å². The van der Waals surface area contributed by atoms with Gasteiger partial charge in [0.15, 0.2) is 0 Å². The Hall–Kier alpha value is -0.870. The van der Waals surface area contributed by atoms with Crippen LogP contribution in [0.15, 0.2) is 6.33 Å². The van der Waals surface area contributed by atoms with Gasteiger partial charge >= 0.3 is 0 Å². The highest BCUT2D eigenvalue weighted by molar-refractivity contribution is 5.28. The summed E-state index contributed by atoms with van der Waals surface area (Å²) in [5, 5.41) is 7.29.